The zero-order chi connectivity index (χ0) is 14.4. The minimum atomic E-state index is -0.544. The van der Waals surface area contributed by atoms with Crippen molar-refractivity contribution in [3.05, 3.63) is 53.7 Å². The Hall–Kier alpha value is -2.56. The molecule has 1 aromatic carbocycles. The zero-order valence-electron chi connectivity index (χ0n) is 11.2. The Kier molecular flexibility index (Phi) is 4.55. The Morgan fingerprint density at radius 2 is 2.00 bits per heavy atom. The van der Waals surface area contributed by atoms with Gasteiger partial charge in [0, 0.05) is 6.54 Å². The van der Waals surface area contributed by atoms with Gasteiger partial charge in [0.25, 0.3) is 5.91 Å². The first-order valence-electron chi connectivity index (χ1n) is 6.50. The number of nitrogens with one attached hydrogen (secondary N) is 1. The summed E-state index contributed by atoms with van der Waals surface area (Å²) in [4.78, 5) is 15.3. The number of hydrogen-bond donors (Lipinski definition) is 3. The number of anilines is 2. The van der Waals surface area contributed by atoms with Gasteiger partial charge in [-0.15, -0.1) is 0 Å². The molecule has 2 aromatic rings. The van der Waals surface area contributed by atoms with Gasteiger partial charge < -0.3 is 16.8 Å². The highest BCUT2D eigenvalue weighted by molar-refractivity contribution is 5.98. The van der Waals surface area contributed by atoms with E-state index in [1.807, 2.05) is 18.2 Å². The number of nitrogens with two attached hydrogens (primary N) is 2. The number of aromatic nitrogens is 1. The fourth-order valence-electron chi connectivity index (χ4n) is 1.93. The highest BCUT2D eigenvalue weighted by Crippen LogP contribution is 2.14. The molecule has 5 heteroatoms. The van der Waals surface area contributed by atoms with Gasteiger partial charge in [0.15, 0.2) is 0 Å². The predicted molar refractivity (Wildman–Crippen MR) is 80.4 cm³/mol. The summed E-state index contributed by atoms with van der Waals surface area (Å²) >= 11 is 0. The molecule has 0 aliphatic rings. The number of carbonyl (C=O) groups is 1. The van der Waals surface area contributed by atoms with Crippen LogP contribution in [0.3, 0.4) is 0 Å². The molecule has 0 saturated carbocycles. The van der Waals surface area contributed by atoms with E-state index >= 15 is 0 Å². The maximum atomic E-state index is 11.2. The molecule has 0 bridgehead atoms. The van der Waals surface area contributed by atoms with Crippen molar-refractivity contribution in [3.8, 4) is 0 Å². The number of benzene rings is 1. The number of primary amides is 1. The molecule has 0 aliphatic heterocycles. The van der Waals surface area contributed by atoms with Gasteiger partial charge in [0.05, 0.1) is 17.4 Å². The van der Waals surface area contributed by atoms with Gasteiger partial charge in [-0.1, -0.05) is 30.3 Å². The molecule has 0 unspecified atom stereocenters. The maximum Gasteiger partial charge on any atom is 0.250 e. The highest BCUT2D eigenvalue weighted by atomic mass is 16.1. The molecule has 0 saturated heterocycles. The second kappa shape index (κ2) is 6.56. The van der Waals surface area contributed by atoms with E-state index in [4.69, 9.17) is 11.5 Å². The normalized spacial score (nSPS) is 10.2. The van der Waals surface area contributed by atoms with Crippen LogP contribution in [0.15, 0.2) is 42.6 Å². The standard InChI is InChI=1S/C15H18N4O/c16-13-10-19-14(9-12(13)15(17)20)18-8-4-7-11-5-2-1-3-6-11/h1-3,5-6,9-10H,4,7-8,16H2,(H2,17,20)(H,18,19). The van der Waals surface area contributed by atoms with Gasteiger partial charge in [-0.05, 0) is 24.5 Å². The lowest BCUT2D eigenvalue weighted by molar-refractivity contribution is 0.100. The predicted octanol–water partition coefficient (Wildman–Crippen LogP) is 1.81. The van der Waals surface area contributed by atoms with Crippen LogP contribution >= 0.6 is 0 Å². The Morgan fingerprint density at radius 1 is 1.25 bits per heavy atom. The van der Waals surface area contributed by atoms with Gasteiger partial charge >= 0.3 is 0 Å². The van der Waals surface area contributed by atoms with E-state index in [0.717, 1.165) is 19.4 Å². The van der Waals surface area contributed by atoms with Crippen LogP contribution in [0.25, 0.3) is 0 Å². The third kappa shape index (κ3) is 3.71. The topological polar surface area (TPSA) is 94.0 Å². The number of nitrogens with zero attached hydrogens (tertiary/aromatic N) is 1. The van der Waals surface area contributed by atoms with Crippen LogP contribution in [-0.4, -0.2) is 17.4 Å². The van der Waals surface area contributed by atoms with Crippen LogP contribution in [0.2, 0.25) is 0 Å². The summed E-state index contributed by atoms with van der Waals surface area (Å²) < 4.78 is 0. The van der Waals surface area contributed by atoms with Crippen LogP contribution in [0, 0.1) is 0 Å². The number of carbonyl (C=O) groups excluding carboxylic acids is 1. The lowest BCUT2D eigenvalue weighted by atomic mass is 10.1. The number of hydrogen-bond acceptors (Lipinski definition) is 4. The molecule has 104 valence electrons. The number of pyridine rings is 1. The summed E-state index contributed by atoms with van der Waals surface area (Å²) in [5.41, 5.74) is 12.8. The highest BCUT2D eigenvalue weighted by Gasteiger charge is 2.07. The van der Waals surface area contributed by atoms with Crippen molar-refractivity contribution in [3.63, 3.8) is 0 Å². The third-order valence-electron chi connectivity index (χ3n) is 2.99. The molecule has 0 aliphatic carbocycles. The number of amides is 1. The first-order valence-corrected chi connectivity index (χ1v) is 6.50. The summed E-state index contributed by atoms with van der Waals surface area (Å²) in [6.45, 7) is 0.768. The number of rotatable bonds is 6. The smallest absolute Gasteiger partial charge is 0.250 e. The monoisotopic (exact) mass is 270 g/mol. The average Bonchev–Trinajstić information content (AvgIpc) is 2.46. The van der Waals surface area contributed by atoms with Crippen LogP contribution in [0.4, 0.5) is 11.5 Å². The lowest BCUT2D eigenvalue weighted by Gasteiger charge is -2.08. The van der Waals surface area contributed by atoms with E-state index < -0.39 is 5.91 Å². The van der Waals surface area contributed by atoms with Gasteiger partial charge in [0.2, 0.25) is 0 Å². The average molecular weight is 270 g/mol. The Bertz CT molecular complexity index is 584. The van der Waals surface area contributed by atoms with Crippen molar-refractivity contribution in [1.82, 2.24) is 4.98 Å². The van der Waals surface area contributed by atoms with Crippen molar-refractivity contribution < 1.29 is 4.79 Å². The minimum absolute atomic E-state index is 0.297. The molecule has 1 heterocycles. The fraction of sp³-hybridized carbons (Fsp3) is 0.200. The van der Waals surface area contributed by atoms with Crippen LogP contribution < -0.4 is 16.8 Å². The van der Waals surface area contributed by atoms with E-state index in [9.17, 15) is 4.79 Å². The molecule has 1 aromatic heterocycles. The van der Waals surface area contributed by atoms with Gasteiger partial charge in [-0.2, -0.15) is 0 Å². The van der Waals surface area contributed by atoms with Crippen molar-refractivity contribution in [2.45, 2.75) is 12.8 Å². The summed E-state index contributed by atoms with van der Waals surface area (Å²) in [7, 11) is 0. The minimum Gasteiger partial charge on any atom is -0.397 e. The quantitative estimate of drug-likeness (QED) is 0.698. The Labute approximate surface area is 118 Å². The molecular formula is C15H18N4O. The molecule has 0 spiro atoms. The lowest BCUT2D eigenvalue weighted by Crippen LogP contribution is -2.15. The van der Waals surface area contributed by atoms with Crippen molar-refractivity contribution in [2.24, 2.45) is 5.73 Å². The molecular weight excluding hydrogens is 252 g/mol. The zero-order valence-corrected chi connectivity index (χ0v) is 11.2. The molecule has 0 atom stereocenters. The van der Waals surface area contributed by atoms with E-state index in [1.54, 1.807) is 6.07 Å². The van der Waals surface area contributed by atoms with E-state index in [0.29, 0.717) is 17.1 Å². The van der Waals surface area contributed by atoms with E-state index in [-0.39, 0.29) is 0 Å². The molecule has 0 radical (unpaired) electrons. The summed E-state index contributed by atoms with van der Waals surface area (Å²) in [6, 6.07) is 11.9. The largest absolute Gasteiger partial charge is 0.397 e. The molecule has 5 N–H and O–H groups in total. The van der Waals surface area contributed by atoms with Crippen molar-refractivity contribution in [2.75, 3.05) is 17.6 Å². The van der Waals surface area contributed by atoms with Gasteiger partial charge in [-0.25, -0.2) is 4.98 Å². The van der Waals surface area contributed by atoms with Crippen LogP contribution in [0.1, 0.15) is 22.3 Å². The third-order valence-corrected chi connectivity index (χ3v) is 2.99. The van der Waals surface area contributed by atoms with Crippen molar-refractivity contribution in [1.29, 1.82) is 0 Å². The summed E-state index contributed by atoms with van der Waals surface area (Å²) in [5, 5.41) is 3.16. The van der Waals surface area contributed by atoms with Crippen molar-refractivity contribution >= 4 is 17.4 Å². The van der Waals surface area contributed by atoms with Gasteiger partial charge in [0.1, 0.15) is 5.82 Å². The Balaban J connectivity index is 1.85. The summed E-state index contributed by atoms with van der Waals surface area (Å²) in [5.74, 6) is 0.0679. The van der Waals surface area contributed by atoms with E-state index in [2.05, 4.69) is 22.4 Å². The first-order chi connectivity index (χ1) is 9.66. The SMILES string of the molecule is NC(=O)c1cc(NCCCc2ccccc2)ncc1N. The summed E-state index contributed by atoms with van der Waals surface area (Å²) in [6.07, 6.45) is 3.41. The molecule has 2 rings (SSSR count). The van der Waals surface area contributed by atoms with Crippen LogP contribution in [0.5, 0.6) is 0 Å². The van der Waals surface area contributed by atoms with Crippen LogP contribution in [-0.2, 0) is 6.42 Å². The fourth-order valence-corrected chi connectivity index (χ4v) is 1.93. The Morgan fingerprint density at radius 3 is 2.70 bits per heavy atom. The molecule has 5 nitrogen and oxygen atoms in total. The van der Waals surface area contributed by atoms with Gasteiger partial charge in [-0.3, -0.25) is 4.79 Å². The molecule has 20 heavy (non-hydrogen) atoms. The second-order valence-corrected chi connectivity index (χ2v) is 4.54. The number of aryl methyl sites for hydroxylation is 1. The van der Waals surface area contributed by atoms with E-state index in [1.165, 1.54) is 11.8 Å². The first kappa shape index (κ1) is 13.9. The number of nitrogen functional groups attached to an aromatic ring is 1. The molecule has 0 fully saturated rings. The maximum absolute atomic E-state index is 11.2. The molecule has 1 amide bonds. The second-order valence-electron chi connectivity index (χ2n) is 4.54.